The van der Waals surface area contributed by atoms with E-state index in [0.29, 0.717) is 55.2 Å². The fourth-order valence-electron chi connectivity index (χ4n) is 4.64. The minimum Gasteiger partial charge on any atom is -0.493 e. The van der Waals surface area contributed by atoms with Gasteiger partial charge in [-0.05, 0) is 48.2 Å². The third-order valence-electron chi connectivity index (χ3n) is 6.42. The number of aromatic nitrogens is 2. The maximum atomic E-state index is 13.2. The van der Waals surface area contributed by atoms with Crippen LogP contribution in [-0.2, 0) is 17.9 Å². The molecule has 9 nitrogen and oxygen atoms in total. The molecule has 0 unspecified atom stereocenters. The largest absolute Gasteiger partial charge is 0.493 e. The van der Waals surface area contributed by atoms with Gasteiger partial charge in [-0.2, -0.15) is 0 Å². The first kappa shape index (κ1) is 27.1. The molecule has 0 aliphatic carbocycles. The number of ether oxygens (including phenoxy) is 2. The Morgan fingerprint density at radius 3 is 2.61 bits per heavy atom. The summed E-state index contributed by atoms with van der Waals surface area (Å²) in [6.45, 7) is 6.24. The van der Waals surface area contributed by atoms with Crippen molar-refractivity contribution in [2.75, 3.05) is 27.3 Å². The molecule has 9 heteroatoms. The van der Waals surface area contributed by atoms with Crippen molar-refractivity contribution in [2.45, 2.75) is 39.4 Å². The molecule has 0 fully saturated rings. The molecular weight excluding hydrogens is 482 g/mol. The second-order valence-electron chi connectivity index (χ2n) is 9.82. The summed E-state index contributed by atoms with van der Waals surface area (Å²) in [6.07, 6.45) is 5.50. The Hall–Kier alpha value is -3.98. The summed E-state index contributed by atoms with van der Waals surface area (Å²) in [6, 6.07) is 10.9. The van der Waals surface area contributed by atoms with Gasteiger partial charge in [-0.3, -0.25) is 24.5 Å². The van der Waals surface area contributed by atoms with Crippen molar-refractivity contribution in [3.8, 4) is 22.6 Å². The van der Waals surface area contributed by atoms with E-state index in [4.69, 9.17) is 9.47 Å². The Labute approximate surface area is 223 Å². The van der Waals surface area contributed by atoms with Crippen LogP contribution in [0.4, 0.5) is 0 Å². The third kappa shape index (κ3) is 6.66. The number of pyridine rings is 2. The molecule has 2 N–H and O–H groups in total. The van der Waals surface area contributed by atoms with Gasteiger partial charge in [0, 0.05) is 55.9 Å². The molecule has 1 aliphatic rings. The lowest BCUT2D eigenvalue weighted by Crippen LogP contribution is -2.48. The monoisotopic (exact) mass is 517 g/mol. The van der Waals surface area contributed by atoms with E-state index < -0.39 is 6.04 Å². The van der Waals surface area contributed by atoms with Crippen molar-refractivity contribution in [2.24, 2.45) is 5.92 Å². The van der Waals surface area contributed by atoms with Crippen molar-refractivity contribution in [1.82, 2.24) is 25.5 Å². The molecule has 2 amide bonds. The van der Waals surface area contributed by atoms with Crippen LogP contribution in [0.15, 0.2) is 55.0 Å². The van der Waals surface area contributed by atoms with Crippen LogP contribution in [-0.4, -0.2) is 60.0 Å². The smallest absolute Gasteiger partial charge is 0.253 e. The van der Waals surface area contributed by atoms with E-state index in [1.54, 1.807) is 32.7 Å². The van der Waals surface area contributed by atoms with E-state index in [1.807, 2.05) is 44.2 Å². The molecule has 0 saturated carbocycles. The minimum atomic E-state index is -0.656. The van der Waals surface area contributed by atoms with Gasteiger partial charge in [0.1, 0.15) is 6.04 Å². The van der Waals surface area contributed by atoms with E-state index in [1.165, 1.54) is 6.20 Å². The van der Waals surface area contributed by atoms with Crippen LogP contribution in [0.1, 0.15) is 41.9 Å². The van der Waals surface area contributed by atoms with Crippen LogP contribution in [0.3, 0.4) is 0 Å². The number of nitrogens with one attached hydrogen (secondary N) is 2. The zero-order valence-electron chi connectivity index (χ0n) is 22.4. The fraction of sp³-hybridized carbons (Fsp3) is 0.379. The average Bonchev–Trinajstić information content (AvgIpc) is 2.92. The van der Waals surface area contributed by atoms with Gasteiger partial charge >= 0.3 is 0 Å². The van der Waals surface area contributed by atoms with Crippen molar-refractivity contribution in [3.05, 3.63) is 71.8 Å². The SMILES string of the molecule is COc1cc2cc(c1OC)-c1cncc(c1)C(=O)N[C@H](CC(C)C)C(=O)NCCN(Cc1ccccn1)C2. The molecule has 200 valence electrons. The van der Waals surface area contributed by atoms with Crippen LogP contribution in [0, 0.1) is 5.92 Å². The predicted molar refractivity (Wildman–Crippen MR) is 145 cm³/mol. The number of nitrogens with zero attached hydrogens (tertiary/aromatic N) is 3. The Morgan fingerprint density at radius 2 is 1.89 bits per heavy atom. The topological polar surface area (TPSA) is 106 Å². The van der Waals surface area contributed by atoms with Crippen LogP contribution in [0.25, 0.3) is 11.1 Å². The highest BCUT2D eigenvalue weighted by Crippen LogP contribution is 2.39. The molecule has 2 aromatic heterocycles. The lowest BCUT2D eigenvalue weighted by Gasteiger charge is -2.24. The number of rotatable bonds is 6. The van der Waals surface area contributed by atoms with Crippen LogP contribution in [0.2, 0.25) is 0 Å². The highest BCUT2D eigenvalue weighted by atomic mass is 16.5. The molecular formula is C29H35N5O4. The Kier molecular flexibility index (Phi) is 8.91. The number of carbonyl (C=O) groups is 2. The van der Waals surface area contributed by atoms with E-state index in [2.05, 4.69) is 25.5 Å². The number of fused-ring (bicyclic) bond motifs is 5. The van der Waals surface area contributed by atoms with Crippen LogP contribution >= 0.6 is 0 Å². The number of carbonyl (C=O) groups excluding carboxylic acids is 2. The predicted octanol–water partition coefficient (Wildman–Crippen LogP) is 3.44. The normalized spacial score (nSPS) is 16.7. The number of hydrogen-bond donors (Lipinski definition) is 2. The highest BCUT2D eigenvalue weighted by Gasteiger charge is 2.24. The Bertz CT molecular complexity index is 1270. The lowest BCUT2D eigenvalue weighted by atomic mass is 10.00. The number of benzene rings is 1. The third-order valence-corrected chi connectivity index (χ3v) is 6.42. The molecule has 1 aromatic carbocycles. The summed E-state index contributed by atoms with van der Waals surface area (Å²) in [5, 5.41) is 5.94. The summed E-state index contributed by atoms with van der Waals surface area (Å²) < 4.78 is 11.4. The summed E-state index contributed by atoms with van der Waals surface area (Å²) >= 11 is 0. The molecule has 4 rings (SSSR count). The molecule has 3 aromatic rings. The van der Waals surface area contributed by atoms with Gasteiger partial charge in [0.15, 0.2) is 11.5 Å². The second kappa shape index (κ2) is 12.5. The Morgan fingerprint density at radius 1 is 1.08 bits per heavy atom. The molecule has 1 atom stereocenters. The maximum Gasteiger partial charge on any atom is 0.253 e. The van der Waals surface area contributed by atoms with Gasteiger partial charge in [0.2, 0.25) is 5.91 Å². The summed E-state index contributed by atoms with van der Waals surface area (Å²) in [4.78, 5) is 37.4. The van der Waals surface area contributed by atoms with Gasteiger partial charge in [-0.15, -0.1) is 0 Å². The second-order valence-corrected chi connectivity index (χ2v) is 9.82. The van der Waals surface area contributed by atoms with Gasteiger partial charge in [0.25, 0.3) is 5.91 Å². The summed E-state index contributed by atoms with van der Waals surface area (Å²) in [5.41, 5.74) is 3.76. The first-order valence-electron chi connectivity index (χ1n) is 12.8. The van der Waals surface area contributed by atoms with Gasteiger partial charge in [-0.25, -0.2) is 0 Å². The molecule has 3 heterocycles. The number of methoxy groups -OCH3 is 2. The van der Waals surface area contributed by atoms with Crippen LogP contribution < -0.4 is 20.1 Å². The molecule has 0 radical (unpaired) electrons. The van der Waals surface area contributed by atoms with E-state index in [0.717, 1.165) is 16.8 Å². The van der Waals surface area contributed by atoms with Gasteiger partial charge < -0.3 is 20.1 Å². The van der Waals surface area contributed by atoms with Gasteiger partial charge in [0.05, 0.1) is 25.5 Å². The van der Waals surface area contributed by atoms with Gasteiger partial charge in [-0.1, -0.05) is 19.9 Å². The van der Waals surface area contributed by atoms with Crippen molar-refractivity contribution >= 4 is 11.8 Å². The summed E-state index contributed by atoms with van der Waals surface area (Å²) in [5.74, 6) is 0.811. The quantitative estimate of drug-likeness (QED) is 0.516. The Balaban J connectivity index is 1.79. The first-order chi connectivity index (χ1) is 18.4. The highest BCUT2D eigenvalue weighted by molar-refractivity contribution is 5.98. The molecule has 1 aliphatic heterocycles. The minimum absolute atomic E-state index is 0.201. The lowest BCUT2D eigenvalue weighted by molar-refractivity contribution is -0.123. The zero-order chi connectivity index (χ0) is 27.1. The van der Waals surface area contributed by atoms with E-state index in [-0.39, 0.29) is 17.7 Å². The average molecular weight is 518 g/mol. The zero-order valence-corrected chi connectivity index (χ0v) is 22.4. The van der Waals surface area contributed by atoms with E-state index in [9.17, 15) is 9.59 Å². The van der Waals surface area contributed by atoms with Crippen molar-refractivity contribution in [1.29, 1.82) is 0 Å². The van der Waals surface area contributed by atoms with E-state index >= 15 is 0 Å². The van der Waals surface area contributed by atoms with Crippen LogP contribution in [0.5, 0.6) is 11.5 Å². The molecule has 38 heavy (non-hydrogen) atoms. The maximum absolute atomic E-state index is 13.2. The fourth-order valence-corrected chi connectivity index (χ4v) is 4.64. The molecule has 0 saturated heterocycles. The molecule has 4 bridgehead atoms. The first-order valence-corrected chi connectivity index (χ1v) is 12.8. The standard InChI is InChI=1S/C29H35N5O4/c1-19(2)11-25-29(36)32-9-10-34(18-23-7-5-6-8-31-23)17-20-12-24(27(38-4)26(13-20)37-3)21-14-22(16-30-15-21)28(35)33-25/h5-8,12-16,19,25H,9-11,17-18H2,1-4H3,(H,32,36)(H,33,35)/t25-/m1/s1. The number of amides is 2. The van der Waals surface area contributed by atoms with Crippen molar-refractivity contribution < 1.29 is 19.1 Å². The summed E-state index contributed by atoms with van der Waals surface area (Å²) in [7, 11) is 3.20. The van der Waals surface area contributed by atoms with Crippen molar-refractivity contribution in [3.63, 3.8) is 0 Å². The number of hydrogen-bond acceptors (Lipinski definition) is 7. The molecule has 0 spiro atoms.